The van der Waals surface area contributed by atoms with Crippen molar-refractivity contribution in [3.8, 4) is 0 Å². The Labute approximate surface area is 140 Å². The van der Waals surface area contributed by atoms with Crippen molar-refractivity contribution < 1.29 is 9.90 Å². The second-order valence-electron chi connectivity index (χ2n) is 6.17. The Morgan fingerprint density at radius 2 is 1.96 bits per heavy atom. The Morgan fingerprint density at radius 3 is 2.67 bits per heavy atom. The molecule has 1 fully saturated rings. The monoisotopic (exact) mass is 321 g/mol. The highest BCUT2D eigenvalue weighted by Gasteiger charge is 2.30. The van der Waals surface area contributed by atoms with Crippen molar-refractivity contribution in [1.29, 1.82) is 0 Å². The van der Waals surface area contributed by atoms with Gasteiger partial charge in [0.15, 0.2) is 5.69 Å². The van der Waals surface area contributed by atoms with Crippen molar-refractivity contribution in [3.63, 3.8) is 0 Å². The van der Waals surface area contributed by atoms with Gasteiger partial charge in [0.2, 0.25) is 0 Å². The minimum Gasteiger partial charge on any atom is -0.394 e. The number of carbonyl (C=O) groups is 1. The molecule has 24 heavy (non-hydrogen) atoms. The van der Waals surface area contributed by atoms with Crippen molar-refractivity contribution in [2.75, 3.05) is 6.61 Å². The van der Waals surface area contributed by atoms with E-state index in [1.54, 1.807) is 0 Å². The summed E-state index contributed by atoms with van der Waals surface area (Å²) >= 11 is 0. The second kappa shape index (κ2) is 6.09. The van der Waals surface area contributed by atoms with Crippen LogP contribution in [-0.2, 0) is 0 Å². The third-order valence-electron chi connectivity index (χ3n) is 4.42. The lowest BCUT2D eigenvalue weighted by molar-refractivity contribution is 0.0913. The molecule has 2 aromatic heterocycles. The zero-order valence-corrected chi connectivity index (χ0v) is 13.2. The lowest BCUT2D eigenvalue weighted by atomic mass is 10.1. The maximum atomic E-state index is 12.8. The molecule has 5 nitrogen and oxygen atoms in total. The number of aliphatic hydroxyl groups excluding tert-OH is 1. The molecule has 1 aliphatic rings. The van der Waals surface area contributed by atoms with Gasteiger partial charge in [0.25, 0.3) is 5.91 Å². The number of fused-ring (bicyclic) bond motifs is 1. The molecule has 1 saturated carbocycles. The van der Waals surface area contributed by atoms with Gasteiger partial charge in [-0.05, 0) is 30.5 Å². The molecule has 2 N–H and O–H groups in total. The number of amides is 1. The summed E-state index contributed by atoms with van der Waals surface area (Å²) in [5.41, 5.74) is 2.10. The fourth-order valence-corrected chi connectivity index (χ4v) is 3.00. The van der Waals surface area contributed by atoms with Gasteiger partial charge in [0, 0.05) is 12.1 Å². The highest BCUT2D eigenvalue weighted by Crippen LogP contribution is 2.40. The number of nitrogens with one attached hydrogen (secondary N) is 1. The molecule has 122 valence electrons. The van der Waals surface area contributed by atoms with Crippen LogP contribution >= 0.6 is 0 Å². The van der Waals surface area contributed by atoms with Crippen LogP contribution in [0.5, 0.6) is 0 Å². The van der Waals surface area contributed by atoms with Gasteiger partial charge in [-0.3, -0.25) is 4.79 Å². The van der Waals surface area contributed by atoms with E-state index in [4.69, 9.17) is 0 Å². The molecule has 0 unspecified atom stereocenters. The molecule has 1 aromatic carbocycles. The number of hydrogen-bond acceptors (Lipinski definition) is 3. The minimum absolute atomic E-state index is 0.156. The molecule has 1 atom stereocenters. The number of carbonyl (C=O) groups excluding carboxylic acids is 1. The van der Waals surface area contributed by atoms with Crippen LogP contribution in [0.15, 0.2) is 54.7 Å². The first-order chi connectivity index (χ1) is 11.8. The van der Waals surface area contributed by atoms with Gasteiger partial charge >= 0.3 is 0 Å². The molecule has 5 heteroatoms. The first kappa shape index (κ1) is 14.9. The van der Waals surface area contributed by atoms with Crippen LogP contribution in [0.4, 0.5) is 0 Å². The Hall–Kier alpha value is -2.66. The normalized spacial score (nSPS) is 15.4. The number of aliphatic hydroxyl groups is 1. The quantitative estimate of drug-likeness (QED) is 0.759. The van der Waals surface area contributed by atoms with E-state index in [-0.39, 0.29) is 12.5 Å². The lowest BCUT2D eigenvalue weighted by Crippen LogP contribution is -2.31. The summed E-state index contributed by atoms with van der Waals surface area (Å²) < 4.78 is 2.00. The third kappa shape index (κ3) is 2.67. The van der Waals surface area contributed by atoms with E-state index in [0.717, 1.165) is 29.7 Å². The molecule has 0 saturated heterocycles. The summed E-state index contributed by atoms with van der Waals surface area (Å²) in [4.78, 5) is 17.4. The highest BCUT2D eigenvalue weighted by atomic mass is 16.3. The predicted octanol–water partition coefficient (Wildman–Crippen LogP) is 2.68. The molecule has 3 aromatic rings. The topological polar surface area (TPSA) is 66.6 Å². The summed E-state index contributed by atoms with van der Waals surface area (Å²) in [6.07, 6.45) is 4.20. The number of hydrogen-bond donors (Lipinski definition) is 2. The van der Waals surface area contributed by atoms with E-state index in [9.17, 15) is 9.90 Å². The zero-order chi connectivity index (χ0) is 16.5. The maximum absolute atomic E-state index is 12.8. The van der Waals surface area contributed by atoms with Gasteiger partial charge in [-0.1, -0.05) is 36.4 Å². The van der Waals surface area contributed by atoms with Crippen LogP contribution in [-0.4, -0.2) is 27.0 Å². The molecule has 0 aliphatic heterocycles. The number of aromatic nitrogens is 2. The van der Waals surface area contributed by atoms with Crippen LogP contribution in [0.3, 0.4) is 0 Å². The molecule has 1 aliphatic carbocycles. The Kier molecular flexibility index (Phi) is 3.78. The molecule has 4 rings (SSSR count). The molecule has 0 radical (unpaired) electrons. The van der Waals surface area contributed by atoms with Crippen LogP contribution in [0.1, 0.15) is 46.7 Å². The first-order valence-electron chi connectivity index (χ1n) is 8.21. The van der Waals surface area contributed by atoms with Gasteiger partial charge in [0.05, 0.1) is 18.2 Å². The van der Waals surface area contributed by atoms with Crippen LogP contribution < -0.4 is 5.32 Å². The Bertz CT molecular complexity index is 869. The summed E-state index contributed by atoms with van der Waals surface area (Å²) in [6, 6.07) is 14.8. The van der Waals surface area contributed by atoms with Crippen molar-refractivity contribution in [2.24, 2.45) is 0 Å². The van der Waals surface area contributed by atoms with E-state index in [2.05, 4.69) is 10.3 Å². The predicted molar refractivity (Wildman–Crippen MR) is 90.9 cm³/mol. The number of imidazole rings is 1. The van der Waals surface area contributed by atoms with Gasteiger partial charge in [0.1, 0.15) is 5.82 Å². The van der Waals surface area contributed by atoms with Crippen molar-refractivity contribution in [2.45, 2.75) is 24.8 Å². The standard InChI is InChI=1S/C19H19N3O2/c23-12-15(13-6-2-1-3-7-13)20-19(24)17-16-8-4-5-11-22(16)18(21-17)14-9-10-14/h1-8,11,14-15,23H,9-10,12H2,(H,20,24)/t15-/m1/s1. The average molecular weight is 321 g/mol. The SMILES string of the molecule is O=C(N[C@H](CO)c1ccccc1)c1nc(C2CC2)n2ccccc12. The van der Waals surface area contributed by atoms with Crippen molar-refractivity contribution in [3.05, 3.63) is 71.8 Å². The van der Waals surface area contributed by atoms with E-state index in [0.29, 0.717) is 11.6 Å². The number of pyridine rings is 1. The minimum atomic E-state index is -0.441. The summed E-state index contributed by atoms with van der Waals surface area (Å²) in [7, 11) is 0. The van der Waals surface area contributed by atoms with E-state index >= 15 is 0 Å². The maximum Gasteiger partial charge on any atom is 0.272 e. The van der Waals surface area contributed by atoms with Gasteiger partial charge in [-0.2, -0.15) is 0 Å². The van der Waals surface area contributed by atoms with Crippen molar-refractivity contribution >= 4 is 11.4 Å². The molecular weight excluding hydrogens is 302 g/mol. The van der Waals surface area contributed by atoms with E-state index in [1.165, 1.54) is 0 Å². The van der Waals surface area contributed by atoms with Gasteiger partial charge in [-0.15, -0.1) is 0 Å². The highest BCUT2D eigenvalue weighted by molar-refractivity contribution is 5.99. The average Bonchev–Trinajstić information content (AvgIpc) is 3.40. The second-order valence-corrected chi connectivity index (χ2v) is 6.17. The van der Waals surface area contributed by atoms with Crippen molar-refractivity contribution in [1.82, 2.24) is 14.7 Å². The Balaban J connectivity index is 1.66. The van der Waals surface area contributed by atoms with E-state index in [1.807, 2.05) is 59.1 Å². The van der Waals surface area contributed by atoms with Gasteiger partial charge in [-0.25, -0.2) is 4.98 Å². The number of nitrogens with zero attached hydrogens (tertiary/aromatic N) is 2. The number of rotatable bonds is 5. The van der Waals surface area contributed by atoms with E-state index < -0.39 is 6.04 Å². The third-order valence-corrected chi connectivity index (χ3v) is 4.42. The fourth-order valence-electron chi connectivity index (χ4n) is 3.00. The molecule has 1 amide bonds. The summed E-state index contributed by atoms with van der Waals surface area (Å²) in [5.74, 6) is 1.15. The van der Waals surface area contributed by atoms with Crippen LogP contribution in [0.2, 0.25) is 0 Å². The lowest BCUT2D eigenvalue weighted by Gasteiger charge is -2.16. The fraction of sp³-hybridized carbons (Fsp3) is 0.263. The molecular formula is C19H19N3O2. The Morgan fingerprint density at radius 1 is 1.21 bits per heavy atom. The molecule has 2 heterocycles. The first-order valence-corrected chi connectivity index (χ1v) is 8.21. The summed E-state index contributed by atoms with van der Waals surface area (Å²) in [6.45, 7) is -0.156. The number of benzene rings is 1. The molecule has 0 bridgehead atoms. The zero-order valence-electron chi connectivity index (χ0n) is 13.2. The smallest absolute Gasteiger partial charge is 0.272 e. The van der Waals surface area contributed by atoms with Crippen LogP contribution in [0, 0.1) is 0 Å². The summed E-state index contributed by atoms with van der Waals surface area (Å²) in [5, 5.41) is 12.6. The van der Waals surface area contributed by atoms with Gasteiger partial charge < -0.3 is 14.8 Å². The molecule has 0 spiro atoms. The largest absolute Gasteiger partial charge is 0.394 e. The van der Waals surface area contributed by atoms with Crippen LogP contribution in [0.25, 0.3) is 5.52 Å².